The summed E-state index contributed by atoms with van der Waals surface area (Å²) in [6.45, 7) is 0. The van der Waals surface area contributed by atoms with Crippen LogP contribution in [0.4, 0.5) is 0 Å². The van der Waals surface area contributed by atoms with E-state index < -0.39 is 0 Å². The van der Waals surface area contributed by atoms with E-state index in [0.29, 0.717) is 21.5 Å². The van der Waals surface area contributed by atoms with Crippen LogP contribution in [0.25, 0.3) is 53.9 Å². The molecule has 0 unspecified atom stereocenters. The van der Waals surface area contributed by atoms with Crippen molar-refractivity contribution in [3.63, 3.8) is 0 Å². The molecule has 0 aliphatic heterocycles. The lowest BCUT2D eigenvalue weighted by Crippen LogP contribution is -1.98. The molecule has 0 bridgehead atoms. The third-order valence-electron chi connectivity index (χ3n) is 7.07. The van der Waals surface area contributed by atoms with Crippen molar-refractivity contribution in [2.24, 2.45) is 0 Å². The number of hydrogen-bond acceptors (Lipinski definition) is 6. The van der Waals surface area contributed by atoms with Crippen LogP contribution >= 0.6 is 0 Å². The topological polar surface area (TPSA) is 143 Å². The molecule has 6 aromatic rings. The fraction of sp³-hybridized carbons (Fsp3) is 0. The van der Waals surface area contributed by atoms with E-state index in [1.807, 2.05) is 48.5 Å². The van der Waals surface area contributed by atoms with E-state index in [-0.39, 0.29) is 33.4 Å². The standard InChI is InChI=1S/C32H10N6/c33-11-18-7-22-24-10-26-25(28(13-35)30(15-37)31(16-38)29(26)14-36)9-23(24)21-6-5-17-3-1-2-4-20(17)32(21)27(22)8-19(18)12-34/h1-10H. The highest BCUT2D eigenvalue weighted by atomic mass is 14.3. The van der Waals surface area contributed by atoms with Crippen LogP contribution < -0.4 is 0 Å². The summed E-state index contributed by atoms with van der Waals surface area (Å²) in [4.78, 5) is 0. The monoisotopic (exact) mass is 478 g/mol. The first-order valence-electron chi connectivity index (χ1n) is 11.4. The van der Waals surface area contributed by atoms with Crippen LogP contribution in [0, 0.1) is 68.0 Å². The second kappa shape index (κ2) is 8.06. The Hall–Kier alpha value is -6.44. The lowest BCUT2D eigenvalue weighted by molar-refractivity contribution is 1.39. The largest absolute Gasteiger partial charge is 0.192 e. The number of benzene rings is 6. The fourth-order valence-electron chi connectivity index (χ4n) is 5.43. The van der Waals surface area contributed by atoms with Crippen LogP contribution in [0.2, 0.25) is 0 Å². The minimum absolute atomic E-state index is 0.0147. The molecular formula is C32H10N6. The SMILES string of the molecule is N#Cc1cc2c3cc4c(C#N)c(C#N)c(C#N)c(C#N)c4cc3c3ccc4ccccc4c3c2cc1C#N. The zero-order chi connectivity index (χ0) is 26.6. The maximum absolute atomic E-state index is 10.00. The number of nitrogens with zero attached hydrogens (tertiary/aromatic N) is 6. The van der Waals surface area contributed by atoms with Gasteiger partial charge >= 0.3 is 0 Å². The molecule has 0 atom stereocenters. The van der Waals surface area contributed by atoms with Gasteiger partial charge in [-0.2, -0.15) is 31.6 Å². The Morgan fingerprint density at radius 1 is 0.368 bits per heavy atom. The van der Waals surface area contributed by atoms with Crippen LogP contribution in [-0.4, -0.2) is 0 Å². The zero-order valence-electron chi connectivity index (χ0n) is 19.5. The summed E-state index contributed by atoms with van der Waals surface area (Å²) in [6, 6.07) is 31.0. The highest BCUT2D eigenvalue weighted by molar-refractivity contribution is 6.33. The fourth-order valence-corrected chi connectivity index (χ4v) is 5.43. The maximum atomic E-state index is 10.00. The van der Waals surface area contributed by atoms with Gasteiger partial charge in [-0.25, -0.2) is 0 Å². The molecule has 6 rings (SSSR count). The molecule has 0 radical (unpaired) electrons. The summed E-state index contributed by atoms with van der Waals surface area (Å²) < 4.78 is 0. The Balaban J connectivity index is 2.02. The van der Waals surface area contributed by atoms with E-state index in [2.05, 4.69) is 24.3 Å². The van der Waals surface area contributed by atoms with Crippen molar-refractivity contribution in [2.45, 2.75) is 0 Å². The van der Waals surface area contributed by atoms with Crippen LogP contribution in [-0.2, 0) is 0 Å². The minimum atomic E-state index is -0.140. The Morgan fingerprint density at radius 3 is 1.42 bits per heavy atom. The second-order valence-electron chi connectivity index (χ2n) is 8.77. The number of fused-ring (bicyclic) bond motifs is 9. The van der Waals surface area contributed by atoms with E-state index in [1.165, 1.54) is 0 Å². The zero-order valence-corrected chi connectivity index (χ0v) is 19.5. The van der Waals surface area contributed by atoms with Gasteiger partial charge in [-0.1, -0.05) is 36.4 Å². The van der Waals surface area contributed by atoms with E-state index in [4.69, 9.17) is 0 Å². The van der Waals surface area contributed by atoms with Gasteiger partial charge in [0.1, 0.15) is 36.4 Å². The summed E-state index contributed by atoms with van der Waals surface area (Å²) in [6.07, 6.45) is 0. The number of hydrogen-bond donors (Lipinski definition) is 0. The predicted molar refractivity (Wildman–Crippen MR) is 142 cm³/mol. The summed E-state index contributed by atoms with van der Waals surface area (Å²) in [5.41, 5.74) is 0.256. The molecule has 6 aromatic carbocycles. The van der Waals surface area contributed by atoms with Crippen molar-refractivity contribution in [3.05, 3.63) is 94.0 Å². The molecule has 0 saturated carbocycles. The molecule has 0 heterocycles. The molecule has 0 N–H and O–H groups in total. The Morgan fingerprint density at radius 2 is 0.868 bits per heavy atom. The van der Waals surface area contributed by atoms with Gasteiger partial charge in [-0.15, -0.1) is 0 Å². The smallest absolute Gasteiger partial charge is 0.102 e. The van der Waals surface area contributed by atoms with E-state index in [1.54, 1.807) is 24.3 Å². The lowest BCUT2D eigenvalue weighted by Gasteiger charge is -2.16. The van der Waals surface area contributed by atoms with Crippen molar-refractivity contribution in [1.29, 1.82) is 31.6 Å². The molecule has 0 spiro atoms. The second-order valence-corrected chi connectivity index (χ2v) is 8.77. The van der Waals surface area contributed by atoms with Gasteiger partial charge in [-0.05, 0) is 67.4 Å². The average Bonchev–Trinajstić information content (AvgIpc) is 2.97. The summed E-state index contributed by atoms with van der Waals surface area (Å²) >= 11 is 0. The van der Waals surface area contributed by atoms with Crippen molar-refractivity contribution in [3.8, 4) is 36.4 Å². The summed E-state index contributed by atoms with van der Waals surface area (Å²) in [5.74, 6) is 0. The molecule has 0 aromatic heterocycles. The molecule has 0 aliphatic carbocycles. The molecule has 6 nitrogen and oxygen atoms in total. The Bertz CT molecular complexity index is 2360. The van der Waals surface area contributed by atoms with Crippen molar-refractivity contribution >= 4 is 53.9 Å². The quantitative estimate of drug-likeness (QED) is 0.176. The van der Waals surface area contributed by atoms with Gasteiger partial charge in [0, 0.05) is 10.8 Å². The van der Waals surface area contributed by atoms with Crippen LogP contribution in [0.15, 0.2) is 60.7 Å². The third-order valence-corrected chi connectivity index (χ3v) is 7.07. The first-order chi connectivity index (χ1) is 18.6. The van der Waals surface area contributed by atoms with Crippen molar-refractivity contribution < 1.29 is 0 Å². The van der Waals surface area contributed by atoms with Gasteiger partial charge in [-0.3, -0.25) is 0 Å². The van der Waals surface area contributed by atoms with Crippen LogP contribution in [0.5, 0.6) is 0 Å². The van der Waals surface area contributed by atoms with Crippen LogP contribution in [0.1, 0.15) is 33.4 Å². The lowest BCUT2D eigenvalue weighted by atomic mass is 9.85. The number of rotatable bonds is 0. The van der Waals surface area contributed by atoms with Gasteiger partial charge in [0.05, 0.1) is 33.4 Å². The Kier molecular flexibility index (Phi) is 4.68. The first kappa shape index (κ1) is 22.1. The molecule has 0 saturated heterocycles. The van der Waals surface area contributed by atoms with Gasteiger partial charge in [0.25, 0.3) is 0 Å². The van der Waals surface area contributed by atoms with E-state index >= 15 is 0 Å². The highest BCUT2D eigenvalue weighted by Crippen LogP contribution is 2.43. The summed E-state index contributed by atoms with van der Waals surface area (Å²) in [7, 11) is 0. The van der Waals surface area contributed by atoms with Crippen molar-refractivity contribution in [2.75, 3.05) is 0 Å². The van der Waals surface area contributed by atoms with E-state index in [9.17, 15) is 31.6 Å². The minimum Gasteiger partial charge on any atom is -0.192 e. The molecule has 38 heavy (non-hydrogen) atoms. The molecule has 0 amide bonds. The van der Waals surface area contributed by atoms with Crippen molar-refractivity contribution in [1.82, 2.24) is 0 Å². The predicted octanol–water partition coefficient (Wildman–Crippen LogP) is 6.68. The first-order valence-corrected chi connectivity index (χ1v) is 11.4. The molecular weight excluding hydrogens is 468 g/mol. The molecule has 0 fully saturated rings. The van der Waals surface area contributed by atoms with Gasteiger partial charge in [0.2, 0.25) is 0 Å². The van der Waals surface area contributed by atoms with E-state index in [0.717, 1.165) is 32.3 Å². The van der Waals surface area contributed by atoms with Crippen LogP contribution in [0.3, 0.4) is 0 Å². The van der Waals surface area contributed by atoms with Gasteiger partial charge in [0.15, 0.2) is 0 Å². The van der Waals surface area contributed by atoms with Gasteiger partial charge < -0.3 is 0 Å². The Labute approximate surface area is 215 Å². The third kappa shape index (κ3) is 2.75. The molecule has 168 valence electrons. The number of nitriles is 6. The normalized spacial score (nSPS) is 10.5. The molecule has 0 aliphatic rings. The average molecular weight is 478 g/mol. The highest BCUT2D eigenvalue weighted by Gasteiger charge is 2.22. The molecule has 6 heteroatoms. The maximum Gasteiger partial charge on any atom is 0.102 e. The summed E-state index contributed by atoms with van der Waals surface area (Å²) in [5, 5.41) is 66.4.